The van der Waals surface area contributed by atoms with Crippen molar-refractivity contribution in [3.63, 3.8) is 0 Å². The van der Waals surface area contributed by atoms with Crippen LogP contribution in [0.15, 0.2) is 91.0 Å². The summed E-state index contributed by atoms with van der Waals surface area (Å²) in [6, 6.07) is 33.3. The Kier molecular flexibility index (Phi) is 5.54. The van der Waals surface area contributed by atoms with Gasteiger partial charge in [-0.05, 0) is 0 Å². The zero-order valence-electron chi connectivity index (χ0n) is 13.5. The van der Waals surface area contributed by atoms with E-state index in [1.807, 2.05) is 0 Å². The van der Waals surface area contributed by atoms with Crippen LogP contribution in [0.1, 0.15) is 13.3 Å². The van der Waals surface area contributed by atoms with E-state index >= 15 is 0 Å². The van der Waals surface area contributed by atoms with Gasteiger partial charge in [0.1, 0.15) is 0 Å². The van der Waals surface area contributed by atoms with Crippen molar-refractivity contribution in [1.29, 1.82) is 0 Å². The van der Waals surface area contributed by atoms with Crippen LogP contribution in [0.3, 0.4) is 0 Å². The predicted octanol–water partition coefficient (Wildman–Crippen LogP) is 4.77. The molecule has 0 amide bonds. The molecule has 3 aromatic rings. The first-order chi connectivity index (χ1) is 11.4. The average molecular weight is 338 g/mol. The van der Waals surface area contributed by atoms with Gasteiger partial charge in [0.05, 0.1) is 0 Å². The molecule has 0 aliphatic carbocycles. The van der Waals surface area contributed by atoms with E-state index in [2.05, 4.69) is 109 Å². The van der Waals surface area contributed by atoms with Crippen LogP contribution >= 0.6 is 17.8 Å². The fourth-order valence-electron chi connectivity index (χ4n) is 3.02. The zero-order chi connectivity index (χ0) is 16.0. The minimum atomic E-state index is -2.03. The average Bonchev–Trinajstić information content (AvgIpc) is 2.65. The van der Waals surface area contributed by atoms with Crippen molar-refractivity contribution < 1.29 is 0 Å². The molecular formula is C21H23PS. The fourth-order valence-corrected chi connectivity index (χ4v) is 11.3. The molecule has 0 aromatic heterocycles. The Morgan fingerprint density at radius 1 is 0.609 bits per heavy atom. The molecule has 0 atom stereocenters. The molecule has 0 N–H and O–H groups in total. The molecule has 2 heteroatoms. The van der Waals surface area contributed by atoms with E-state index in [0.29, 0.717) is 0 Å². The van der Waals surface area contributed by atoms with Gasteiger partial charge >= 0.3 is 144 Å². The van der Waals surface area contributed by atoms with E-state index in [4.69, 9.17) is 0 Å². The molecule has 3 rings (SSSR count). The van der Waals surface area contributed by atoms with Crippen molar-refractivity contribution in [3.8, 4) is 0 Å². The topological polar surface area (TPSA) is 0 Å². The first kappa shape index (κ1) is 16.3. The van der Waals surface area contributed by atoms with Crippen LogP contribution in [0.25, 0.3) is 0 Å². The summed E-state index contributed by atoms with van der Waals surface area (Å²) in [4.78, 5) is 0. The molecule has 23 heavy (non-hydrogen) atoms. The zero-order valence-corrected chi connectivity index (χ0v) is 15.3. The first-order valence-electron chi connectivity index (χ1n) is 8.18. The molecule has 0 aliphatic heterocycles. The predicted molar refractivity (Wildman–Crippen MR) is 109 cm³/mol. The molecule has 0 unspecified atom stereocenters. The van der Waals surface area contributed by atoms with Crippen molar-refractivity contribution >= 4 is 33.8 Å². The maximum absolute atomic E-state index is 2.31. The molecule has 0 heterocycles. The van der Waals surface area contributed by atoms with Crippen molar-refractivity contribution in [3.05, 3.63) is 91.0 Å². The second-order valence-electron chi connectivity index (χ2n) is 5.63. The molecule has 118 valence electrons. The third-order valence-corrected chi connectivity index (χ3v) is 12.6. The molecule has 0 spiro atoms. The van der Waals surface area contributed by atoms with Crippen LogP contribution in [-0.4, -0.2) is 5.75 Å². The quantitative estimate of drug-likeness (QED) is 0.583. The first-order valence-corrected chi connectivity index (χ1v) is 11.9. The SMILES string of the molecule is CCCS[PH](c1ccccc1)(c1ccccc1)c1ccccc1. The van der Waals surface area contributed by atoms with Crippen LogP contribution in [0.4, 0.5) is 0 Å². The summed E-state index contributed by atoms with van der Waals surface area (Å²) >= 11 is 2.17. The van der Waals surface area contributed by atoms with Crippen molar-refractivity contribution in [2.75, 3.05) is 5.75 Å². The van der Waals surface area contributed by atoms with Gasteiger partial charge in [0.2, 0.25) is 0 Å². The van der Waals surface area contributed by atoms with Gasteiger partial charge in [0.25, 0.3) is 0 Å². The second kappa shape index (κ2) is 7.81. The van der Waals surface area contributed by atoms with Gasteiger partial charge in [-0.15, -0.1) is 0 Å². The molecule has 0 fully saturated rings. The molecule has 0 bridgehead atoms. The van der Waals surface area contributed by atoms with Gasteiger partial charge in [-0.2, -0.15) is 0 Å². The van der Waals surface area contributed by atoms with Gasteiger partial charge in [-0.3, -0.25) is 0 Å². The third-order valence-electron chi connectivity index (χ3n) is 4.06. The van der Waals surface area contributed by atoms with Crippen LogP contribution in [0.5, 0.6) is 0 Å². The van der Waals surface area contributed by atoms with E-state index in [1.165, 1.54) is 28.1 Å². The van der Waals surface area contributed by atoms with Crippen LogP contribution in [-0.2, 0) is 0 Å². The molecule has 0 radical (unpaired) electrons. The Morgan fingerprint density at radius 2 is 0.957 bits per heavy atom. The van der Waals surface area contributed by atoms with Gasteiger partial charge in [0, 0.05) is 0 Å². The summed E-state index contributed by atoms with van der Waals surface area (Å²) in [5, 5.41) is 4.45. The third kappa shape index (κ3) is 3.37. The van der Waals surface area contributed by atoms with Gasteiger partial charge in [0.15, 0.2) is 0 Å². The second-order valence-corrected chi connectivity index (χ2v) is 12.1. The number of rotatable bonds is 6. The van der Waals surface area contributed by atoms with E-state index < -0.39 is 6.46 Å². The summed E-state index contributed by atoms with van der Waals surface area (Å²) in [7, 11) is 0. The summed E-state index contributed by atoms with van der Waals surface area (Å²) in [5.74, 6) is 1.19. The van der Waals surface area contributed by atoms with E-state index in [-0.39, 0.29) is 0 Å². The number of hydrogen-bond donors (Lipinski definition) is 0. The summed E-state index contributed by atoms with van der Waals surface area (Å²) in [6.45, 7) is 0.243. The molecular weight excluding hydrogens is 315 g/mol. The maximum atomic E-state index is 2.31. The Labute approximate surface area is 144 Å². The number of hydrogen-bond acceptors (Lipinski definition) is 1. The van der Waals surface area contributed by atoms with E-state index in [9.17, 15) is 0 Å². The Morgan fingerprint density at radius 3 is 1.26 bits per heavy atom. The van der Waals surface area contributed by atoms with Crippen molar-refractivity contribution in [2.24, 2.45) is 0 Å². The Bertz CT molecular complexity index is 614. The fraction of sp³-hybridized carbons (Fsp3) is 0.143. The Hall–Kier alpha value is -1.56. The summed E-state index contributed by atoms with van der Waals surface area (Å²) < 4.78 is 0. The molecule has 0 saturated carbocycles. The molecule has 0 aliphatic rings. The molecule has 3 aromatic carbocycles. The van der Waals surface area contributed by atoms with Crippen LogP contribution < -0.4 is 15.9 Å². The minimum absolute atomic E-state index is 1.19. The monoisotopic (exact) mass is 338 g/mol. The van der Waals surface area contributed by atoms with Gasteiger partial charge in [-0.25, -0.2) is 0 Å². The van der Waals surface area contributed by atoms with Crippen molar-refractivity contribution in [1.82, 2.24) is 0 Å². The van der Waals surface area contributed by atoms with Crippen molar-refractivity contribution in [2.45, 2.75) is 13.3 Å². The van der Waals surface area contributed by atoms with Gasteiger partial charge in [-0.1, -0.05) is 0 Å². The Balaban J connectivity index is 2.25. The standard InChI is InChI=1S/C21H23PS/c1-2-18-23-22(19-12-6-3-7-13-19,20-14-8-4-9-15-20)21-16-10-5-11-17-21/h3-17,22H,2,18H2,1H3. The van der Waals surface area contributed by atoms with Crippen LogP contribution in [0, 0.1) is 0 Å². The van der Waals surface area contributed by atoms with Crippen LogP contribution in [0.2, 0.25) is 0 Å². The normalized spacial score (nSPS) is 12.0. The van der Waals surface area contributed by atoms with E-state index in [1.54, 1.807) is 0 Å². The summed E-state index contributed by atoms with van der Waals surface area (Å²) in [5.41, 5.74) is 0. The molecule has 0 nitrogen and oxygen atoms in total. The summed E-state index contributed by atoms with van der Waals surface area (Å²) in [6.07, 6.45) is 1.20. The number of benzene rings is 3. The van der Waals surface area contributed by atoms with E-state index in [0.717, 1.165) is 0 Å². The van der Waals surface area contributed by atoms with Gasteiger partial charge < -0.3 is 0 Å². The molecule has 0 saturated heterocycles.